The molecule has 0 saturated carbocycles. The van der Waals surface area contributed by atoms with Crippen molar-refractivity contribution in [3.63, 3.8) is 0 Å². The number of aromatic nitrogens is 7. The van der Waals surface area contributed by atoms with Crippen molar-refractivity contribution in [3.05, 3.63) is 18.1 Å². The third-order valence-electron chi connectivity index (χ3n) is 2.74. The quantitative estimate of drug-likeness (QED) is 0.722. The molecule has 3 rings (SSSR count). The standard InChI is InChI=1S/C12H15N7O2S/c1-6(22-11-18-17-10(20-11)12(2,3)4)9-15-8(19-21-9)7-13-5-14-16-7/h5-6H,1-4H3,(H,13,14,16)/t6-/m0/s1. The van der Waals surface area contributed by atoms with Crippen LogP contribution in [0.3, 0.4) is 0 Å². The third-order valence-corrected chi connectivity index (χ3v) is 3.66. The fraction of sp³-hybridized carbons (Fsp3) is 0.500. The number of nitrogens with one attached hydrogen (secondary N) is 1. The summed E-state index contributed by atoms with van der Waals surface area (Å²) in [5.74, 6) is 1.86. The molecule has 0 amide bonds. The lowest BCUT2D eigenvalue weighted by Gasteiger charge is -2.11. The zero-order valence-electron chi connectivity index (χ0n) is 12.6. The van der Waals surface area contributed by atoms with Gasteiger partial charge in [0.2, 0.25) is 17.6 Å². The number of aromatic amines is 1. The molecule has 0 spiro atoms. The average Bonchev–Trinajstić information content (AvgIpc) is 3.18. The summed E-state index contributed by atoms with van der Waals surface area (Å²) in [6.07, 6.45) is 1.38. The normalized spacial score (nSPS) is 13.5. The van der Waals surface area contributed by atoms with Crippen LogP contribution in [0.5, 0.6) is 0 Å². The van der Waals surface area contributed by atoms with E-state index in [4.69, 9.17) is 8.94 Å². The van der Waals surface area contributed by atoms with E-state index in [1.165, 1.54) is 18.1 Å². The summed E-state index contributed by atoms with van der Waals surface area (Å²) >= 11 is 1.36. The second-order valence-electron chi connectivity index (χ2n) is 5.67. The Morgan fingerprint density at radius 2 is 2.09 bits per heavy atom. The number of nitrogens with zero attached hydrogens (tertiary/aromatic N) is 6. The molecule has 9 nitrogen and oxygen atoms in total. The van der Waals surface area contributed by atoms with Gasteiger partial charge < -0.3 is 8.94 Å². The van der Waals surface area contributed by atoms with Gasteiger partial charge in [-0.1, -0.05) is 37.7 Å². The van der Waals surface area contributed by atoms with Crippen LogP contribution >= 0.6 is 11.8 Å². The van der Waals surface area contributed by atoms with Gasteiger partial charge in [-0.05, 0) is 6.92 Å². The van der Waals surface area contributed by atoms with Crippen molar-refractivity contribution in [1.82, 2.24) is 35.5 Å². The lowest BCUT2D eigenvalue weighted by Crippen LogP contribution is -2.11. The van der Waals surface area contributed by atoms with Gasteiger partial charge in [0.1, 0.15) is 6.33 Å². The van der Waals surface area contributed by atoms with E-state index in [0.29, 0.717) is 28.7 Å². The minimum Gasteiger partial charge on any atom is -0.415 e. The SMILES string of the molecule is C[C@H](Sc1nnc(C(C)(C)C)o1)c1nc(-c2ncn[nH]2)no1. The maximum Gasteiger partial charge on any atom is 0.277 e. The molecule has 0 aliphatic heterocycles. The van der Waals surface area contributed by atoms with Crippen molar-refractivity contribution in [2.75, 3.05) is 0 Å². The van der Waals surface area contributed by atoms with Gasteiger partial charge in [0, 0.05) is 5.41 Å². The van der Waals surface area contributed by atoms with E-state index < -0.39 is 0 Å². The topological polar surface area (TPSA) is 119 Å². The van der Waals surface area contributed by atoms with Crippen LogP contribution in [0.4, 0.5) is 0 Å². The second kappa shape index (κ2) is 5.52. The molecule has 3 aromatic heterocycles. The number of hydrogen-bond acceptors (Lipinski definition) is 9. The van der Waals surface area contributed by atoms with Crippen molar-refractivity contribution >= 4 is 11.8 Å². The van der Waals surface area contributed by atoms with E-state index in [1.807, 2.05) is 27.7 Å². The molecule has 0 radical (unpaired) electrons. The molecule has 3 heterocycles. The van der Waals surface area contributed by atoms with Crippen molar-refractivity contribution in [2.24, 2.45) is 0 Å². The molecule has 1 atom stereocenters. The summed E-state index contributed by atoms with van der Waals surface area (Å²) < 4.78 is 10.9. The molecule has 10 heteroatoms. The van der Waals surface area contributed by atoms with Crippen LogP contribution in [0.2, 0.25) is 0 Å². The fourth-order valence-electron chi connectivity index (χ4n) is 1.57. The first kappa shape index (κ1) is 14.7. The number of thioether (sulfide) groups is 1. The Hall–Kier alpha value is -2.23. The Morgan fingerprint density at radius 1 is 1.27 bits per heavy atom. The van der Waals surface area contributed by atoms with Crippen LogP contribution in [0.15, 0.2) is 20.5 Å². The summed E-state index contributed by atoms with van der Waals surface area (Å²) in [6.45, 7) is 7.96. The summed E-state index contributed by atoms with van der Waals surface area (Å²) in [4.78, 5) is 8.26. The number of rotatable bonds is 4. The summed E-state index contributed by atoms with van der Waals surface area (Å²) in [6, 6.07) is 0. The molecule has 0 bridgehead atoms. The first-order chi connectivity index (χ1) is 10.4. The molecular formula is C12H15N7O2S. The summed E-state index contributed by atoms with van der Waals surface area (Å²) in [5.41, 5.74) is -0.182. The lowest BCUT2D eigenvalue weighted by atomic mass is 9.97. The van der Waals surface area contributed by atoms with Crippen molar-refractivity contribution in [3.8, 4) is 11.6 Å². The van der Waals surface area contributed by atoms with Gasteiger partial charge in [0.25, 0.3) is 5.22 Å². The Kier molecular flexibility index (Phi) is 3.69. The van der Waals surface area contributed by atoms with E-state index in [9.17, 15) is 0 Å². The van der Waals surface area contributed by atoms with Gasteiger partial charge in [-0.15, -0.1) is 10.2 Å². The molecule has 116 valence electrons. The third kappa shape index (κ3) is 3.01. The smallest absolute Gasteiger partial charge is 0.277 e. The fourth-order valence-corrected chi connectivity index (χ4v) is 2.29. The number of hydrogen-bond donors (Lipinski definition) is 1. The predicted octanol–water partition coefficient (Wildman–Crippen LogP) is 2.39. The van der Waals surface area contributed by atoms with Crippen LogP contribution in [-0.2, 0) is 5.41 Å². The Bertz CT molecular complexity index is 744. The van der Waals surface area contributed by atoms with E-state index in [1.54, 1.807) is 0 Å². The van der Waals surface area contributed by atoms with Crippen LogP contribution in [0.1, 0.15) is 44.7 Å². The highest BCUT2D eigenvalue weighted by Crippen LogP contribution is 2.34. The largest absolute Gasteiger partial charge is 0.415 e. The highest BCUT2D eigenvalue weighted by atomic mass is 32.2. The van der Waals surface area contributed by atoms with Gasteiger partial charge >= 0.3 is 0 Å². The van der Waals surface area contributed by atoms with E-state index >= 15 is 0 Å². The number of H-pyrrole nitrogens is 1. The average molecular weight is 321 g/mol. The van der Waals surface area contributed by atoms with E-state index in [2.05, 4.69) is 35.5 Å². The summed E-state index contributed by atoms with van der Waals surface area (Å²) in [7, 11) is 0. The Morgan fingerprint density at radius 3 is 2.73 bits per heavy atom. The predicted molar refractivity (Wildman–Crippen MR) is 76.9 cm³/mol. The van der Waals surface area contributed by atoms with Crippen LogP contribution < -0.4 is 0 Å². The van der Waals surface area contributed by atoms with Crippen LogP contribution in [0, 0.1) is 0 Å². The molecule has 3 aromatic rings. The van der Waals surface area contributed by atoms with Crippen LogP contribution in [0.25, 0.3) is 11.6 Å². The maximum absolute atomic E-state index is 5.64. The van der Waals surface area contributed by atoms with Crippen molar-refractivity contribution < 1.29 is 8.94 Å². The molecule has 0 fully saturated rings. The monoisotopic (exact) mass is 321 g/mol. The van der Waals surface area contributed by atoms with Crippen molar-refractivity contribution in [2.45, 2.75) is 43.6 Å². The van der Waals surface area contributed by atoms with Gasteiger partial charge in [-0.3, -0.25) is 5.10 Å². The molecular weight excluding hydrogens is 306 g/mol. The Balaban J connectivity index is 1.72. The molecule has 1 N–H and O–H groups in total. The molecule has 0 aromatic carbocycles. The van der Waals surface area contributed by atoms with E-state index in [-0.39, 0.29) is 10.7 Å². The van der Waals surface area contributed by atoms with Gasteiger partial charge in [-0.2, -0.15) is 10.1 Å². The highest BCUT2D eigenvalue weighted by molar-refractivity contribution is 7.99. The van der Waals surface area contributed by atoms with Crippen molar-refractivity contribution in [1.29, 1.82) is 0 Å². The zero-order chi connectivity index (χ0) is 15.7. The second-order valence-corrected chi connectivity index (χ2v) is 6.97. The molecule has 0 unspecified atom stereocenters. The minimum absolute atomic E-state index is 0.127. The highest BCUT2D eigenvalue weighted by Gasteiger charge is 2.24. The van der Waals surface area contributed by atoms with Gasteiger partial charge in [-0.25, -0.2) is 4.98 Å². The molecule has 0 aliphatic rings. The molecule has 22 heavy (non-hydrogen) atoms. The zero-order valence-corrected chi connectivity index (χ0v) is 13.4. The van der Waals surface area contributed by atoms with Gasteiger partial charge in [0.05, 0.1) is 5.25 Å². The van der Waals surface area contributed by atoms with Gasteiger partial charge in [0.15, 0.2) is 5.82 Å². The van der Waals surface area contributed by atoms with Crippen LogP contribution in [-0.4, -0.2) is 35.5 Å². The molecule has 0 saturated heterocycles. The first-order valence-electron chi connectivity index (χ1n) is 6.63. The molecule has 0 aliphatic carbocycles. The minimum atomic E-state index is -0.182. The first-order valence-corrected chi connectivity index (χ1v) is 7.51. The Labute approximate surface area is 130 Å². The van der Waals surface area contributed by atoms with E-state index in [0.717, 1.165) is 0 Å². The summed E-state index contributed by atoms with van der Waals surface area (Å²) in [5, 5.41) is 18.7. The lowest BCUT2D eigenvalue weighted by molar-refractivity contribution is 0.345. The maximum atomic E-state index is 5.64.